The van der Waals surface area contributed by atoms with Gasteiger partial charge in [-0.2, -0.15) is 0 Å². The number of pyridine rings is 1. The Morgan fingerprint density at radius 1 is 1.03 bits per heavy atom. The Morgan fingerprint density at radius 2 is 1.76 bits per heavy atom. The Kier molecular flexibility index (Phi) is 7.87. The SMILES string of the molecule is CN=C(NCc1ccc(COCc2ccccc2)cc1)NC1CCN(c2ncccc2F)C1. The van der Waals surface area contributed by atoms with E-state index in [4.69, 9.17) is 4.74 Å². The third-order valence-electron chi connectivity index (χ3n) is 5.65. The average molecular weight is 448 g/mol. The van der Waals surface area contributed by atoms with E-state index in [0.29, 0.717) is 32.1 Å². The minimum Gasteiger partial charge on any atom is -0.372 e. The zero-order valence-corrected chi connectivity index (χ0v) is 18.9. The van der Waals surface area contributed by atoms with Crippen LogP contribution in [0.4, 0.5) is 10.2 Å². The van der Waals surface area contributed by atoms with E-state index in [1.807, 2.05) is 23.1 Å². The second-order valence-electron chi connectivity index (χ2n) is 8.11. The highest BCUT2D eigenvalue weighted by molar-refractivity contribution is 5.80. The van der Waals surface area contributed by atoms with Gasteiger partial charge in [-0.1, -0.05) is 54.6 Å². The van der Waals surface area contributed by atoms with Gasteiger partial charge in [-0.25, -0.2) is 9.37 Å². The van der Waals surface area contributed by atoms with E-state index in [9.17, 15) is 4.39 Å². The van der Waals surface area contributed by atoms with Gasteiger partial charge >= 0.3 is 0 Å². The van der Waals surface area contributed by atoms with Crippen LogP contribution in [0, 0.1) is 5.82 Å². The molecule has 1 saturated heterocycles. The molecule has 172 valence electrons. The molecule has 33 heavy (non-hydrogen) atoms. The zero-order valence-electron chi connectivity index (χ0n) is 18.9. The fraction of sp³-hybridized carbons (Fsp3) is 0.308. The minimum atomic E-state index is -0.283. The first-order valence-electron chi connectivity index (χ1n) is 11.2. The molecular weight excluding hydrogens is 417 g/mol. The van der Waals surface area contributed by atoms with Crippen LogP contribution in [0.5, 0.6) is 0 Å². The van der Waals surface area contributed by atoms with E-state index in [1.165, 1.54) is 11.6 Å². The van der Waals surface area contributed by atoms with Gasteiger partial charge in [0.15, 0.2) is 17.6 Å². The molecule has 7 heteroatoms. The predicted molar refractivity (Wildman–Crippen MR) is 130 cm³/mol. The summed E-state index contributed by atoms with van der Waals surface area (Å²) in [4.78, 5) is 10.5. The van der Waals surface area contributed by atoms with Crippen molar-refractivity contribution in [3.05, 3.63) is 95.4 Å². The molecule has 2 N–H and O–H groups in total. The second kappa shape index (κ2) is 11.4. The van der Waals surface area contributed by atoms with Gasteiger partial charge in [0.2, 0.25) is 0 Å². The third-order valence-corrected chi connectivity index (χ3v) is 5.65. The average Bonchev–Trinajstić information content (AvgIpc) is 3.32. The van der Waals surface area contributed by atoms with Crippen molar-refractivity contribution in [3.8, 4) is 0 Å². The summed E-state index contributed by atoms with van der Waals surface area (Å²) in [6, 6.07) is 21.8. The number of benzene rings is 2. The number of nitrogens with zero attached hydrogens (tertiary/aromatic N) is 3. The van der Waals surface area contributed by atoms with Crippen LogP contribution in [0.2, 0.25) is 0 Å². The van der Waals surface area contributed by atoms with E-state index >= 15 is 0 Å². The van der Waals surface area contributed by atoms with Crippen LogP contribution in [0.1, 0.15) is 23.1 Å². The Hall–Kier alpha value is -3.45. The standard InChI is InChI=1S/C26H30FN5O/c1-28-26(31-23-13-15-32(17-23)25-24(27)8-5-14-29-25)30-16-20-9-11-22(12-10-20)19-33-18-21-6-3-2-4-7-21/h2-12,14,23H,13,15-19H2,1H3,(H2,28,30,31). The van der Waals surface area contributed by atoms with Gasteiger partial charge in [0, 0.05) is 38.9 Å². The molecule has 1 aliphatic heterocycles. The predicted octanol–water partition coefficient (Wildman–Crippen LogP) is 3.88. The fourth-order valence-electron chi connectivity index (χ4n) is 3.87. The van der Waals surface area contributed by atoms with Crippen molar-refractivity contribution < 1.29 is 9.13 Å². The molecule has 0 bridgehead atoms. The molecule has 2 heterocycles. The van der Waals surface area contributed by atoms with E-state index < -0.39 is 0 Å². The summed E-state index contributed by atoms with van der Waals surface area (Å²) >= 11 is 0. The molecule has 1 unspecified atom stereocenters. The smallest absolute Gasteiger partial charge is 0.191 e. The quantitative estimate of drug-likeness (QED) is 0.405. The van der Waals surface area contributed by atoms with Crippen molar-refractivity contribution in [2.24, 2.45) is 4.99 Å². The van der Waals surface area contributed by atoms with Crippen molar-refractivity contribution >= 4 is 11.8 Å². The topological polar surface area (TPSA) is 61.8 Å². The zero-order chi connectivity index (χ0) is 22.9. The van der Waals surface area contributed by atoms with Crippen LogP contribution in [0.25, 0.3) is 0 Å². The number of hydrogen-bond donors (Lipinski definition) is 2. The highest BCUT2D eigenvalue weighted by Crippen LogP contribution is 2.20. The van der Waals surface area contributed by atoms with E-state index in [1.54, 1.807) is 19.3 Å². The molecule has 0 radical (unpaired) electrons. The molecule has 1 aliphatic rings. The molecule has 1 atom stereocenters. The maximum absolute atomic E-state index is 14.0. The summed E-state index contributed by atoms with van der Waals surface area (Å²) in [5.41, 5.74) is 3.48. The van der Waals surface area contributed by atoms with E-state index in [0.717, 1.165) is 30.1 Å². The first kappa shape index (κ1) is 22.7. The summed E-state index contributed by atoms with van der Waals surface area (Å²) in [5.74, 6) is 0.866. The van der Waals surface area contributed by atoms with Crippen molar-refractivity contribution in [1.82, 2.24) is 15.6 Å². The second-order valence-corrected chi connectivity index (χ2v) is 8.11. The molecule has 2 aromatic carbocycles. The molecule has 0 amide bonds. The lowest BCUT2D eigenvalue weighted by molar-refractivity contribution is 0.107. The Labute approximate surface area is 194 Å². The highest BCUT2D eigenvalue weighted by Gasteiger charge is 2.25. The van der Waals surface area contributed by atoms with Crippen LogP contribution < -0.4 is 15.5 Å². The number of guanidine groups is 1. The first-order chi connectivity index (χ1) is 16.2. The number of anilines is 1. The number of ether oxygens (including phenoxy) is 1. The maximum atomic E-state index is 14.0. The van der Waals surface area contributed by atoms with Gasteiger partial charge in [0.25, 0.3) is 0 Å². The highest BCUT2D eigenvalue weighted by atomic mass is 19.1. The van der Waals surface area contributed by atoms with Crippen LogP contribution in [0.3, 0.4) is 0 Å². The summed E-state index contributed by atoms with van der Waals surface area (Å²) in [6.07, 6.45) is 2.52. The largest absolute Gasteiger partial charge is 0.372 e. The van der Waals surface area contributed by atoms with Gasteiger partial charge in [0.1, 0.15) is 0 Å². The number of halogens is 1. The number of rotatable bonds is 8. The first-order valence-corrected chi connectivity index (χ1v) is 11.2. The van der Waals surface area contributed by atoms with Crippen molar-refractivity contribution in [2.45, 2.75) is 32.2 Å². The molecule has 0 aliphatic carbocycles. The number of aliphatic imine (C=N–C) groups is 1. The molecule has 1 aromatic heterocycles. The summed E-state index contributed by atoms with van der Waals surface area (Å²) in [7, 11) is 1.76. The molecule has 1 fully saturated rings. The minimum absolute atomic E-state index is 0.182. The number of nitrogens with one attached hydrogen (secondary N) is 2. The number of hydrogen-bond acceptors (Lipinski definition) is 4. The van der Waals surface area contributed by atoms with Gasteiger partial charge in [0.05, 0.1) is 13.2 Å². The number of aromatic nitrogens is 1. The van der Waals surface area contributed by atoms with Crippen LogP contribution in [0.15, 0.2) is 77.9 Å². The van der Waals surface area contributed by atoms with Gasteiger partial charge in [-0.3, -0.25) is 4.99 Å². The van der Waals surface area contributed by atoms with Gasteiger partial charge in [-0.15, -0.1) is 0 Å². The molecule has 4 rings (SSSR count). The maximum Gasteiger partial charge on any atom is 0.191 e. The van der Waals surface area contributed by atoms with Crippen LogP contribution in [-0.4, -0.2) is 37.1 Å². The Balaban J connectivity index is 1.21. The van der Waals surface area contributed by atoms with E-state index in [2.05, 4.69) is 57.0 Å². The fourth-order valence-corrected chi connectivity index (χ4v) is 3.87. The Bertz CT molecular complexity index is 1040. The Morgan fingerprint density at radius 3 is 2.48 bits per heavy atom. The van der Waals surface area contributed by atoms with Crippen molar-refractivity contribution in [1.29, 1.82) is 0 Å². The van der Waals surface area contributed by atoms with Crippen molar-refractivity contribution in [3.63, 3.8) is 0 Å². The monoisotopic (exact) mass is 447 g/mol. The lowest BCUT2D eigenvalue weighted by atomic mass is 10.1. The van der Waals surface area contributed by atoms with E-state index in [-0.39, 0.29) is 11.9 Å². The normalized spacial score (nSPS) is 16.1. The molecule has 0 saturated carbocycles. The summed E-state index contributed by atoms with van der Waals surface area (Å²) in [5, 5.41) is 6.80. The molecular formula is C26H30FN5O. The molecule has 3 aromatic rings. The van der Waals surface area contributed by atoms with Gasteiger partial charge in [-0.05, 0) is 35.2 Å². The summed E-state index contributed by atoms with van der Waals surface area (Å²) in [6.45, 7) is 3.30. The lowest BCUT2D eigenvalue weighted by Crippen LogP contribution is -2.44. The van der Waals surface area contributed by atoms with Crippen LogP contribution in [-0.2, 0) is 24.5 Å². The van der Waals surface area contributed by atoms with Gasteiger partial charge < -0.3 is 20.3 Å². The van der Waals surface area contributed by atoms with Crippen molar-refractivity contribution in [2.75, 3.05) is 25.0 Å². The molecule has 6 nitrogen and oxygen atoms in total. The summed E-state index contributed by atoms with van der Waals surface area (Å²) < 4.78 is 19.8. The molecule has 0 spiro atoms. The lowest BCUT2D eigenvalue weighted by Gasteiger charge is -2.20. The van der Waals surface area contributed by atoms with Crippen LogP contribution >= 0.6 is 0 Å². The third kappa shape index (κ3) is 6.52.